The highest BCUT2D eigenvalue weighted by Gasteiger charge is 2.14. The van der Waals surface area contributed by atoms with E-state index in [0.29, 0.717) is 6.54 Å². The Morgan fingerprint density at radius 1 is 1.50 bits per heavy atom. The first-order valence-electron chi connectivity index (χ1n) is 2.97. The number of methoxy groups -OCH3 is 1. The Labute approximate surface area is 61.8 Å². The summed E-state index contributed by atoms with van der Waals surface area (Å²) in [6.07, 6.45) is 0. The lowest BCUT2D eigenvalue weighted by Crippen LogP contribution is -2.29. The molecule has 0 fully saturated rings. The maximum Gasteiger partial charge on any atom is 0.238 e. The predicted molar refractivity (Wildman–Crippen MR) is 39.1 cm³/mol. The fraction of sp³-hybridized carbons (Fsp3) is 1.00. The first kappa shape index (κ1) is 9.87. The van der Waals surface area contributed by atoms with Gasteiger partial charge in [-0.1, -0.05) is 6.92 Å². The Balaban J connectivity index is 4.12. The van der Waals surface area contributed by atoms with E-state index in [1.165, 1.54) is 18.5 Å². The van der Waals surface area contributed by atoms with E-state index in [-0.39, 0.29) is 5.94 Å². The van der Waals surface area contributed by atoms with Gasteiger partial charge < -0.3 is 4.74 Å². The fourth-order valence-corrected chi connectivity index (χ4v) is 1.31. The molecule has 5 heteroatoms. The minimum absolute atomic E-state index is 0.239. The first-order chi connectivity index (χ1) is 4.54. The Bertz CT molecular complexity index is 175. The lowest BCUT2D eigenvalue weighted by atomic mass is 10.8. The van der Waals surface area contributed by atoms with Crippen molar-refractivity contribution in [2.75, 3.05) is 26.6 Å². The molecule has 0 bridgehead atoms. The third-order valence-corrected chi connectivity index (χ3v) is 2.93. The second kappa shape index (κ2) is 3.90. The zero-order valence-electron chi connectivity index (χ0n) is 6.49. The van der Waals surface area contributed by atoms with Crippen molar-refractivity contribution in [1.82, 2.24) is 4.31 Å². The fourth-order valence-electron chi connectivity index (χ4n) is 0.436. The van der Waals surface area contributed by atoms with E-state index in [4.69, 9.17) is 0 Å². The molecule has 0 spiro atoms. The van der Waals surface area contributed by atoms with Gasteiger partial charge in [0.25, 0.3) is 0 Å². The van der Waals surface area contributed by atoms with Gasteiger partial charge in [0.2, 0.25) is 10.0 Å². The minimum atomic E-state index is -3.15. The van der Waals surface area contributed by atoms with Crippen molar-refractivity contribution >= 4 is 10.0 Å². The van der Waals surface area contributed by atoms with E-state index in [1.807, 2.05) is 0 Å². The third kappa shape index (κ3) is 2.64. The van der Waals surface area contributed by atoms with E-state index >= 15 is 0 Å². The summed E-state index contributed by atoms with van der Waals surface area (Å²) in [4.78, 5) is 0. The van der Waals surface area contributed by atoms with Crippen molar-refractivity contribution in [1.29, 1.82) is 0 Å². The smallest absolute Gasteiger partial charge is 0.238 e. The van der Waals surface area contributed by atoms with E-state index in [2.05, 4.69) is 4.74 Å². The quantitative estimate of drug-likeness (QED) is 0.586. The highest BCUT2D eigenvalue weighted by atomic mass is 32.2. The summed E-state index contributed by atoms with van der Waals surface area (Å²) in [5.74, 6) is -0.239. The number of rotatable bonds is 4. The van der Waals surface area contributed by atoms with Gasteiger partial charge >= 0.3 is 0 Å². The Kier molecular flexibility index (Phi) is 3.85. The Morgan fingerprint density at radius 2 is 2.00 bits per heavy atom. The van der Waals surface area contributed by atoms with Crippen LogP contribution in [0.4, 0.5) is 0 Å². The molecule has 0 unspecified atom stereocenters. The molecule has 0 amide bonds. The van der Waals surface area contributed by atoms with Crippen molar-refractivity contribution in [3.05, 3.63) is 0 Å². The highest BCUT2D eigenvalue weighted by Crippen LogP contribution is 1.95. The summed E-state index contributed by atoms with van der Waals surface area (Å²) < 4.78 is 27.7. The van der Waals surface area contributed by atoms with Crippen molar-refractivity contribution in [3.63, 3.8) is 0 Å². The second-order valence-electron chi connectivity index (χ2n) is 1.93. The van der Waals surface area contributed by atoms with Gasteiger partial charge in [-0.15, -0.1) is 0 Å². The minimum Gasteiger partial charge on any atom is -0.367 e. The SMILES string of the molecule is CCN(C)S(=O)(=O)COC. The van der Waals surface area contributed by atoms with Crippen LogP contribution in [0.25, 0.3) is 0 Å². The first-order valence-corrected chi connectivity index (χ1v) is 4.58. The zero-order valence-corrected chi connectivity index (χ0v) is 7.31. The Morgan fingerprint density at radius 3 is 2.30 bits per heavy atom. The van der Waals surface area contributed by atoms with E-state index in [0.717, 1.165) is 0 Å². The number of ether oxygens (including phenoxy) is 1. The summed E-state index contributed by atoms with van der Waals surface area (Å²) in [7, 11) is -0.265. The van der Waals surface area contributed by atoms with Gasteiger partial charge in [-0.05, 0) is 0 Å². The topological polar surface area (TPSA) is 46.6 Å². The van der Waals surface area contributed by atoms with Crippen LogP contribution in [0.15, 0.2) is 0 Å². The molecule has 62 valence electrons. The van der Waals surface area contributed by atoms with Crippen LogP contribution < -0.4 is 0 Å². The summed E-state index contributed by atoms with van der Waals surface area (Å²) in [5.41, 5.74) is 0. The normalized spacial score (nSPS) is 12.4. The van der Waals surface area contributed by atoms with E-state index in [1.54, 1.807) is 6.92 Å². The van der Waals surface area contributed by atoms with Gasteiger partial charge in [0, 0.05) is 20.7 Å². The molecule has 0 rings (SSSR count). The number of nitrogens with zero attached hydrogens (tertiary/aromatic N) is 1. The lowest BCUT2D eigenvalue weighted by Gasteiger charge is -2.12. The lowest BCUT2D eigenvalue weighted by molar-refractivity contribution is 0.243. The van der Waals surface area contributed by atoms with Crippen LogP contribution in [-0.4, -0.2) is 39.4 Å². The van der Waals surface area contributed by atoms with Crippen molar-refractivity contribution in [2.45, 2.75) is 6.92 Å². The highest BCUT2D eigenvalue weighted by molar-refractivity contribution is 7.88. The van der Waals surface area contributed by atoms with Crippen LogP contribution in [0.5, 0.6) is 0 Å². The van der Waals surface area contributed by atoms with Crippen LogP contribution in [0, 0.1) is 0 Å². The van der Waals surface area contributed by atoms with Crippen LogP contribution in [0.3, 0.4) is 0 Å². The number of sulfonamides is 1. The maximum absolute atomic E-state index is 11.0. The van der Waals surface area contributed by atoms with Gasteiger partial charge in [-0.25, -0.2) is 12.7 Å². The molecule has 0 aliphatic rings. The second-order valence-corrected chi connectivity index (χ2v) is 3.96. The molecule has 0 aliphatic heterocycles. The summed E-state index contributed by atoms with van der Waals surface area (Å²) >= 11 is 0. The van der Waals surface area contributed by atoms with Gasteiger partial charge in [0.05, 0.1) is 0 Å². The van der Waals surface area contributed by atoms with E-state index in [9.17, 15) is 8.42 Å². The van der Waals surface area contributed by atoms with Gasteiger partial charge in [-0.2, -0.15) is 0 Å². The molecule has 0 N–H and O–H groups in total. The molecule has 0 atom stereocenters. The van der Waals surface area contributed by atoms with Gasteiger partial charge in [-0.3, -0.25) is 0 Å². The average Bonchev–Trinajstić information content (AvgIpc) is 1.86. The zero-order chi connectivity index (χ0) is 8.20. The molecular weight excluding hydrogens is 154 g/mol. The molecule has 0 aromatic carbocycles. The molecule has 10 heavy (non-hydrogen) atoms. The molecule has 0 saturated heterocycles. The standard InChI is InChI=1S/C5H13NO3S/c1-4-6(2)10(7,8)5-9-3/h4-5H2,1-3H3. The van der Waals surface area contributed by atoms with Gasteiger partial charge in [0.1, 0.15) is 0 Å². The summed E-state index contributed by atoms with van der Waals surface area (Å²) in [6.45, 7) is 2.25. The number of hydrogen-bond acceptors (Lipinski definition) is 3. The molecule has 0 radical (unpaired) electrons. The van der Waals surface area contributed by atoms with Crippen LogP contribution in [-0.2, 0) is 14.8 Å². The van der Waals surface area contributed by atoms with Gasteiger partial charge in [0.15, 0.2) is 5.94 Å². The monoisotopic (exact) mass is 167 g/mol. The molecular formula is C5H13NO3S. The third-order valence-electron chi connectivity index (χ3n) is 1.19. The van der Waals surface area contributed by atoms with Crippen LogP contribution in [0.2, 0.25) is 0 Å². The Hall–Kier alpha value is -0.130. The number of hydrogen-bond donors (Lipinski definition) is 0. The average molecular weight is 167 g/mol. The molecule has 4 nitrogen and oxygen atoms in total. The molecule has 0 heterocycles. The van der Waals surface area contributed by atoms with Crippen molar-refractivity contribution in [2.24, 2.45) is 0 Å². The molecule has 0 aromatic rings. The van der Waals surface area contributed by atoms with Crippen LogP contribution >= 0.6 is 0 Å². The summed E-state index contributed by atoms with van der Waals surface area (Å²) in [5, 5.41) is 0. The molecule has 0 aromatic heterocycles. The summed E-state index contributed by atoms with van der Waals surface area (Å²) in [6, 6.07) is 0. The van der Waals surface area contributed by atoms with Crippen molar-refractivity contribution in [3.8, 4) is 0 Å². The predicted octanol–water partition coefficient (Wildman–Crippen LogP) is -0.128. The van der Waals surface area contributed by atoms with E-state index < -0.39 is 10.0 Å². The maximum atomic E-state index is 11.0. The largest absolute Gasteiger partial charge is 0.367 e. The molecule has 0 aliphatic carbocycles. The van der Waals surface area contributed by atoms with Crippen molar-refractivity contribution < 1.29 is 13.2 Å². The molecule has 0 saturated carbocycles. The van der Waals surface area contributed by atoms with Crippen LogP contribution in [0.1, 0.15) is 6.92 Å².